The zero-order valence-electron chi connectivity index (χ0n) is 13.5. The molecule has 1 aromatic heterocycles. The molecule has 3 heterocycles. The van der Waals surface area contributed by atoms with Crippen LogP contribution in [-0.2, 0) is 11.4 Å². The van der Waals surface area contributed by atoms with Crippen molar-refractivity contribution in [2.75, 3.05) is 24.5 Å². The minimum Gasteiger partial charge on any atom is -0.486 e. The summed E-state index contributed by atoms with van der Waals surface area (Å²) in [5.41, 5.74) is 1.11. The number of benzene rings is 1. The van der Waals surface area contributed by atoms with E-state index in [2.05, 4.69) is 14.9 Å². The van der Waals surface area contributed by atoms with Gasteiger partial charge in [0.2, 0.25) is 11.9 Å². The third-order valence-electron chi connectivity index (χ3n) is 4.64. The van der Waals surface area contributed by atoms with Gasteiger partial charge in [-0.05, 0) is 12.0 Å². The van der Waals surface area contributed by atoms with Crippen molar-refractivity contribution in [3.63, 3.8) is 0 Å². The van der Waals surface area contributed by atoms with Crippen LogP contribution < -0.4 is 9.64 Å². The van der Waals surface area contributed by atoms with Crippen LogP contribution in [0.1, 0.15) is 18.4 Å². The van der Waals surface area contributed by atoms with E-state index in [0.717, 1.165) is 31.6 Å². The fourth-order valence-electron chi connectivity index (χ4n) is 3.33. The lowest BCUT2D eigenvalue weighted by Gasteiger charge is -2.37. The zero-order chi connectivity index (χ0) is 16.4. The molecule has 0 spiro atoms. The van der Waals surface area contributed by atoms with Gasteiger partial charge in [-0.2, -0.15) is 0 Å². The number of carbonyl (C=O) groups excluding carboxylic acids is 1. The zero-order valence-corrected chi connectivity index (χ0v) is 13.5. The molecule has 1 unspecified atom stereocenters. The average Bonchev–Trinajstić information content (AvgIpc) is 3.02. The van der Waals surface area contributed by atoms with Crippen molar-refractivity contribution >= 4 is 11.9 Å². The quantitative estimate of drug-likeness (QED) is 0.859. The fourth-order valence-corrected chi connectivity index (χ4v) is 3.33. The van der Waals surface area contributed by atoms with Gasteiger partial charge in [0.15, 0.2) is 5.75 Å². The standard InChI is InChI=1S/C18H20N4O2/c23-17-7-6-15-12-21(8-9-22(15)17)18-19-10-16(11-20-18)24-13-14-4-2-1-3-5-14/h1-5,10-11,15H,6-9,12-13H2. The highest BCUT2D eigenvalue weighted by molar-refractivity contribution is 5.79. The highest BCUT2D eigenvalue weighted by Gasteiger charge is 2.36. The number of amides is 1. The van der Waals surface area contributed by atoms with Crippen LogP contribution in [0.4, 0.5) is 5.95 Å². The van der Waals surface area contributed by atoms with Crippen LogP contribution in [0, 0.1) is 0 Å². The number of carbonyl (C=O) groups is 1. The van der Waals surface area contributed by atoms with Gasteiger partial charge >= 0.3 is 0 Å². The van der Waals surface area contributed by atoms with Crippen molar-refractivity contribution in [1.82, 2.24) is 14.9 Å². The molecule has 2 fully saturated rings. The topological polar surface area (TPSA) is 58.6 Å². The Balaban J connectivity index is 1.36. The van der Waals surface area contributed by atoms with Crippen molar-refractivity contribution in [2.24, 2.45) is 0 Å². The molecule has 0 saturated carbocycles. The summed E-state index contributed by atoms with van der Waals surface area (Å²) in [7, 11) is 0. The second-order valence-electron chi connectivity index (χ2n) is 6.22. The minimum absolute atomic E-state index is 0.283. The molecule has 6 heteroatoms. The molecule has 4 rings (SSSR count). The van der Waals surface area contributed by atoms with E-state index < -0.39 is 0 Å². The Morgan fingerprint density at radius 1 is 1.12 bits per heavy atom. The number of ether oxygens (including phenoxy) is 1. The first-order chi connectivity index (χ1) is 11.8. The smallest absolute Gasteiger partial charge is 0.225 e. The highest BCUT2D eigenvalue weighted by Crippen LogP contribution is 2.25. The van der Waals surface area contributed by atoms with E-state index in [-0.39, 0.29) is 5.91 Å². The molecule has 2 aliphatic heterocycles. The SMILES string of the molecule is O=C1CCC2CN(c3ncc(OCc4ccccc4)cn3)CCN12. The predicted octanol–water partition coefficient (Wildman–Crippen LogP) is 1.87. The van der Waals surface area contributed by atoms with Crippen molar-refractivity contribution in [1.29, 1.82) is 0 Å². The van der Waals surface area contributed by atoms with Gasteiger partial charge in [-0.25, -0.2) is 9.97 Å². The maximum absolute atomic E-state index is 11.7. The Bertz CT molecular complexity index is 705. The van der Waals surface area contributed by atoms with E-state index in [1.165, 1.54) is 0 Å². The summed E-state index contributed by atoms with van der Waals surface area (Å²) in [4.78, 5) is 24.8. The largest absolute Gasteiger partial charge is 0.486 e. The summed E-state index contributed by atoms with van der Waals surface area (Å²) in [6, 6.07) is 10.3. The molecule has 2 aliphatic rings. The number of hydrogen-bond acceptors (Lipinski definition) is 5. The van der Waals surface area contributed by atoms with Gasteiger partial charge < -0.3 is 14.5 Å². The van der Waals surface area contributed by atoms with Gasteiger partial charge in [0.05, 0.1) is 12.4 Å². The molecular formula is C18H20N4O2. The Morgan fingerprint density at radius 3 is 2.71 bits per heavy atom. The van der Waals surface area contributed by atoms with Crippen LogP contribution in [0.2, 0.25) is 0 Å². The maximum Gasteiger partial charge on any atom is 0.225 e. The van der Waals surface area contributed by atoms with Crippen molar-refractivity contribution in [2.45, 2.75) is 25.5 Å². The highest BCUT2D eigenvalue weighted by atomic mass is 16.5. The van der Waals surface area contributed by atoms with Crippen LogP contribution in [-0.4, -0.2) is 46.5 Å². The van der Waals surface area contributed by atoms with Gasteiger partial charge in [0.25, 0.3) is 0 Å². The lowest BCUT2D eigenvalue weighted by molar-refractivity contribution is -0.129. The Labute approximate surface area is 141 Å². The molecule has 6 nitrogen and oxygen atoms in total. The third-order valence-corrected chi connectivity index (χ3v) is 4.64. The van der Waals surface area contributed by atoms with Crippen LogP contribution >= 0.6 is 0 Å². The molecule has 0 aliphatic carbocycles. The molecule has 0 N–H and O–H groups in total. The molecule has 2 aromatic rings. The summed E-state index contributed by atoms with van der Waals surface area (Å²) < 4.78 is 5.72. The second kappa shape index (κ2) is 6.47. The van der Waals surface area contributed by atoms with E-state index in [1.54, 1.807) is 12.4 Å². The second-order valence-corrected chi connectivity index (χ2v) is 6.22. The predicted molar refractivity (Wildman–Crippen MR) is 89.8 cm³/mol. The first-order valence-electron chi connectivity index (χ1n) is 8.33. The number of nitrogens with zero attached hydrogens (tertiary/aromatic N) is 4. The maximum atomic E-state index is 11.7. The molecular weight excluding hydrogens is 304 g/mol. The lowest BCUT2D eigenvalue weighted by Crippen LogP contribution is -2.51. The summed E-state index contributed by atoms with van der Waals surface area (Å²) in [5.74, 6) is 1.66. The molecule has 24 heavy (non-hydrogen) atoms. The number of hydrogen-bond donors (Lipinski definition) is 0. The van der Waals surface area contributed by atoms with Crippen molar-refractivity contribution in [3.05, 3.63) is 48.3 Å². The Kier molecular flexibility index (Phi) is 4.02. The number of piperazine rings is 1. The first kappa shape index (κ1) is 14.9. The molecule has 124 valence electrons. The van der Waals surface area contributed by atoms with Gasteiger partial charge in [0.1, 0.15) is 6.61 Å². The average molecular weight is 324 g/mol. The summed E-state index contributed by atoms with van der Waals surface area (Å²) >= 11 is 0. The third kappa shape index (κ3) is 3.04. The normalized spacial score (nSPS) is 20.2. The van der Waals surface area contributed by atoms with E-state index in [1.807, 2.05) is 35.2 Å². The molecule has 2 saturated heterocycles. The van der Waals surface area contributed by atoms with E-state index in [0.29, 0.717) is 30.8 Å². The van der Waals surface area contributed by atoms with Crippen LogP contribution in [0.5, 0.6) is 5.75 Å². The Morgan fingerprint density at radius 2 is 1.92 bits per heavy atom. The molecule has 0 bridgehead atoms. The molecule has 1 aromatic carbocycles. The van der Waals surface area contributed by atoms with Crippen LogP contribution in [0.3, 0.4) is 0 Å². The summed E-state index contributed by atoms with van der Waals surface area (Å²) in [6.07, 6.45) is 5.05. The minimum atomic E-state index is 0.283. The monoisotopic (exact) mass is 324 g/mol. The Hall–Kier alpha value is -2.63. The number of aromatic nitrogens is 2. The number of fused-ring (bicyclic) bond motifs is 1. The van der Waals surface area contributed by atoms with E-state index >= 15 is 0 Å². The summed E-state index contributed by atoms with van der Waals surface area (Å²) in [6.45, 7) is 2.87. The van der Waals surface area contributed by atoms with Gasteiger partial charge in [0, 0.05) is 32.1 Å². The van der Waals surface area contributed by atoms with Gasteiger partial charge in [-0.1, -0.05) is 30.3 Å². The van der Waals surface area contributed by atoms with Crippen LogP contribution in [0.15, 0.2) is 42.7 Å². The van der Waals surface area contributed by atoms with Crippen molar-refractivity contribution in [3.8, 4) is 5.75 Å². The number of anilines is 1. The molecule has 1 atom stereocenters. The van der Waals surface area contributed by atoms with E-state index in [9.17, 15) is 4.79 Å². The van der Waals surface area contributed by atoms with E-state index in [4.69, 9.17) is 4.74 Å². The fraction of sp³-hybridized carbons (Fsp3) is 0.389. The lowest BCUT2D eigenvalue weighted by atomic mass is 10.2. The van der Waals surface area contributed by atoms with Crippen molar-refractivity contribution < 1.29 is 9.53 Å². The molecule has 1 amide bonds. The van der Waals surface area contributed by atoms with Gasteiger partial charge in [-0.3, -0.25) is 4.79 Å². The molecule has 0 radical (unpaired) electrons. The first-order valence-corrected chi connectivity index (χ1v) is 8.33. The summed E-state index contributed by atoms with van der Waals surface area (Å²) in [5, 5.41) is 0. The van der Waals surface area contributed by atoms with Crippen LogP contribution in [0.25, 0.3) is 0 Å². The number of rotatable bonds is 4. The van der Waals surface area contributed by atoms with Gasteiger partial charge in [-0.15, -0.1) is 0 Å².